The second-order valence-electron chi connectivity index (χ2n) is 5.83. The lowest BCUT2D eigenvalue weighted by atomic mass is 10.2. The van der Waals surface area contributed by atoms with Crippen molar-refractivity contribution in [3.05, 3.63) is 40.7 Å². The Kier molecular flexibility index (Phi) is 5.08. The highest BCUT2D eigenvalue weighted by Crippen LogP contribution is 2.35. The molecule has 7 heteroatoms. The fraction of sp³-hybridized carbons (Fsp3) is 0.375. The smallest absolute Gasteiger partial charge is 0.240 e. The summed E-state index contributed by atoms with van der Waals surface area (Å²) in [6, 6.07) is 6.12. The van der Waals surface area contributed by atoms with Gasteiger partial charge in [0.15, 0.2) is 0 Å². The average molecular weight is 356 g/mol. The first-order valence-corrected chi connectivity index (χ1v) is 8.04. The van der Waals surface area contributed by atoms with Gasteiger partial charge in [0.1, 0.15) is 10.8 Å². The zero-order chi connectivity index (χ0) is 15.9. The molecule has 1 saturated carbocycles. The molecule has 124 valence electrons. The zero-order valence-electron chi connectivity index (χ0n) is 12.9. The number of aryl methyl sites for hydroxylation is 1. The van der Waals surface area contributed by atoms with E-state index in [9.17, 15) is 9.18 Å². The van der Waals surface area contributed by atoms with Gasteiger partial charge in [-0.3, -0.25) is 4.79 Å². The monoisotopic (exact) mass is 355 g/mol. The molecule has 23 heavy (non-hydrogen) atoms. The topological polar surface area (TPSA) is 68.0 Å². The van der Waals surface area contributed by atoms with Gasteiger partial charge in [-0.1, -0.05) is 0 Å². The van der Waals surface area contributed by atoms with E-state index in [4.69, 9.17) is 5.73 Å². The third kappa shape index (κ3) is 3.71. The highest BCUT2D eigenvalue weighted by molar-refractivity contribution is 7.15. The molecule has 0 saturated heterocycles. The van der Waals surface area contributed by atoms with Gasteiger partial charge in [0.25, 0.3) is 0 Å². The van der Waals surface area contributed by atoms with Crippen molar-refractivity contribution >= 4 is 29.7 Å². The van der Waals surface area contributed by atoms with E-state index in [0.717, 1.165) is 34.0 Å². The van der Waals surface area contributed by atoms with Gasteiger partial charge in [0.05, 0.1) is 22.2 Å². The van der Waals surface area contributed by atoms with E-state index < -0.39 is 5.54 Å². The quantitative estimate of drug-likeness (QED) is 0.883. The highest BCUT2D eigenvalue weighted by Gasteiger charge is 2.46. The molecule has 1 aliphatic carbocycles. The van der Waals surface area contributed by atoms with Crippen molar-refractivity contribution in [2.45, 2.75) is 38.3 Å². The van der Waals surface area contributed by atoms with Crippen LogP contribution in [-0.4, -0.2) is 16.4 Å². The molecular weight excluding hydrogens is 337 g/mol. The third-order valence-corrected chi connectivity index (χ3v) is 5.29. The summed E-state index contributed by atoms with van der Waals surface area (Å²) in [4.78, 5) is 17.6. The van der Waals surface area contributed by atoms with Crippen LogP contribution in [0.25, 0.3) is 10.6 Å². The van der Waals surface area contributed by atoms with Gasteiger partial charge in [0.2, 0.25) is 5.91 Å². The minimum Gasteiger partial charge on any atom is -0.347 e. The number of hydrogen-bond donors (Lipinski definition) is 2. The molecule has 0 bridgehead atoms. The van der Waals surface area contributed by atoms with Crippen molar-refractivity contribution in [1.29, 1.82) is 0 Å². The van der Waals surface area contributed by atoms with E-state index >= 15 is 0 Å². The lowest BCUT2D eigenvalue weighted by molar-refractivity contribution is -0.123. The first-order chi connectivity index (χ1) is 10.4. The Balaban J connectivity index is 0.00000192. The molecule has 1 atom stereocenters. The first kappa shape index (κ1) is 17.8. The second-order valence-corrected chi connectivity index (χ2v) is 6.86. The number of benzene rings is 1. The predicted molar refractivity (Wildman–Crippen MR) is 92.2 cm³/mol. The SMILES string of the molecule is Cc1nc(-c2ccc(F)cc2)sc1C(C)NC(=O)C1(N)CC1.Cl. The van der Waals surface area contributed by atoms with E-state index in [0.29, 0.717) is 0 Å². The van der Waals surface area contributed by atoms with Gasteiger partial charge in [-0.25, -0.2) is 9.37 Å². The van der Waals surface area contributed by atoms with Crippen molar-refractivity contribution in [1.82, 2.24) is 10.3 Å². The molecule has 1 heterocycles. The van der Waals surface area contributed by atoms with E-state index in [2.05, 4.69) is 10.3 Å². The van der Waals surface area contributed by atoms with Crippen LogP contribution in [0, 0.1) is 12.7 Å². The second kappa shape index (κ2) is 6.55. The van der Waals surface area contributed by atoms with Crippen LogP contribution >= 0.6 is 23.7 Å². The van der Waals surface area contributed by atoms with E-state index in [1.54, 1.807) is 12.1 Å². The Hall–Kier alpha value is -1.50. The van der Waals surface area contributed by atoms with Crippen molar-refractivity contribution in [3.8, 4) is 10.6 Å². The Morgan fingerprint density at radius 2 is 2.00 bits per heavy atom. The highest BCUT2D eigenvalue weighted by atomic mass is 35.5. The molecular formula is C16H19ClFN3OS. The Bertz CT molecular complexity index is 713. The van der Waals surface area contributed by atoms with Gasteiger partial charge in [-0.2, -0.15) is 0 Å². The van der Waals surface area contributed by atoms with Crippen LogP contribution in [0.5, 0.6) is 0 Å². The van der Waals surface area contributed by atoms with E-state index in [-0.39, 0.29) is 30.2 Å². The third-order valence-electron chi connectivity index (χ3n) is 3.91. The normalized spacial score (nSPS) is 16.3. The summed E-state index contributed by atoms with van der Waals surface area (Å²) < 4.78 is 13.0. The molecule has 2 aromatic rings. The number of carbonyl (C=O) groups is 1. The molecule has 1 amide bonds. The summed E-state index contributed by atoms with van der Waals surface area (Å²) in [5, 5.41) is 3.78. The van der Waals surface area contributed by atoms with Gasteiger partial charge >= 0.3 is 0 Å². The number of nitrogens with zero attached hydrogens (tertiary/aromatic N) is 1. The number of aromatic nitrogens is 1. The summed E-state index contributed by atoms with van der Waals surface area (Å²) in [5.74, 6) is -0.369. The number of nitrogens with two attached hydrogens (primary N) is 1. The standard InChI is InChI=1S/C16H18FN3OS.ClH/c1-9-13(10(2)20-15(21)16(18)7-8-16)22-14(19-9)11-3-5-12(17)6-4-11;/h3-6,10H,7-8,18H2,1-2H3,(H,20,21);1H. The summed E-state index contributed by atoms with van der Waals surface area (Å²) in [5.41, 5.74) is 6.98. The van der Waals surface area contributed by atoms with Gasteiger partial charge in [0, 0.05) is 5.56 Å². The average Bonchev–Trinajstić information content (AvgIpc) is 3.11. The number of amides is 1. The Labute approximate surface area is 144 Å². The number of nitrogens with one attached hydrogen (secondary N) is 1. The molecule has 0 spiro atoms. The lowest BCUT2D eigenvalue weighted by Gasteiger charge is -2.16. The number of hydrogen-bond acceptors (Lipinski definition) is 4. The van der Waals surface area contributed by atoms with Gasteiger partial charge in [-0.15, -0.1) is 23.7 Å². The zero-order valence-corrected chi connectivity index (χ0v) is 14.6. The fourth-order valence-electron chi connectivity index (χ4n) is 2.29. The summed E-state index contributed by atoms with van der Waals surface area (Å²) in [6.07, 6.45) is 1.49. The maximum Gasteiger partial charge on any atom is 0.240 e. The van der Waals surface area contributed by atoms with Crippen molar-refractivity contribution in [3.63, 3.8) is 0 Å². The van der Waals surface area contributed by atoms with Crippen LogP contribution in [0.4, 0.5) is 4.39 Å². The van der Waals surface area contributed by atoms with Crippen LogP contribution in [0.3, 0.4) is 0 Å². The molecule has 4 nitrogen and oxygen atoms in total. The van der Waals surface area contributed by atoms with E-state index in [1.807, 2.05) is 13.8 Å². The molecule has 3 N–H and O–H groups in total. The van der Waals surface area contributed by atoms with Crippen molar-refractivity contribution in [2.24, 2.45) is 5.73 Å². The molecule has 3 rings (SSSR count). The van der Waals surface area contributed by atoms with Crippen molar-refractivity contribution in [2.75, 3.05) is 0 Å². The molecule has 1 aliphatic rings. The lowest BCUT2D eigenvalue weighted by Crippen LogP contribution is -2.43. The first-order valence-electron chi connectivity index (χ1n) is 7.22. The molecule has 1 unspecified atom stereocenters. The number of rotatable bonds is 4. The molecule has 1 aromatic heterocycles. The Morgan fingerprint density at radius 1 is 1.39 bits per heavy atom. The van der Waals surface area contributed by atoms with Crippen molar-refractivity contribution < 1.29 is 9.18 Å². The maximum absolute atomic E-state index is 13.0. The summed E-state index contributed by atoms with van der Waals surface area (Å²) in [6.45, 7) is 3.84. The maximum atomic E-state index is 13.0. The fourth-order valence-corrected chi connectivity index (χ4v) is 3.37. The van der Waals surface area contributed by atoms with Crippen LogP contribution in [0.2, 0.25) is 0 Å². The Morgan fingerprint density at radius 3 is 2.57 bits per heavy atom. The molecule has 1 fully saturated rings. The van der Waals surface area contributed by atoms with Crippen LogP contribution in [0.15, 0.2) is 24.3 Å². The van der Waals surface area contributed by atoms with Crippen LogP contribution < -0.4 is 11.1 Å². The molecule has 0 radical (unpaired) electrons. The van der Waals surface area contributed by atoms with Crippen LogP contribution in [-0.2, 0) is 4.79 Å². The van der Waals surface area contributed by atoms with Gasteiger partial charge < -0.3 is 11.1 Å². The molecule has 1 aromatic carbocycles. The van der Waals surface area contributed by atoms with Gasteiger partial charge in [-0.05, 0) is 51.0 Å². The van der Waals surface area contributed by atoms with E-state index in [1.165, 1.54) is 23.5 Å². The molecule has 0 aliphatic heterocycles. The number of carbonyl (C=O) groups excluding carboxylic acids is 1. The largest absolute Gasteiger partial charge is 0.347 e. The number of halogens is 2. The summed E-state index contributed by atoms with van der Waals surface area (Å²) >= 11 is 1.51. The number of thiazole rings is 1. The van der Waals surface area contributed by atoms with Crippen LogP contribution in [0.1, 0.15) is 36.4 Å². The minimum atomic E-state index is -0.674. The minimum absolute atomic E-state index is 0. The predicted octanol–water partition coefficient (Wildman–Crippen LogP) is 3.35. The summed E-state index contributed by atoms with van der Waals surface area (Å²) in [7, 11) is 0.